The molecule has 13 heteroatoms. The summed E-state index contributed by atoms with van der Waals surface area (Å²) in [6.45, 7) is 12.0. The first kappa shape index (κ1) is 31.8. The average molecular weight is 673 g/mol. The van der Waals surface area contributed by atoms with Crippen molar-refractivity contribution in [3.05, 3.63) is 81.6 Å². The molecule has 2 atom stereocenters. The lowest BCUT2D eigenvalue weighted by molar-refractivity contribution is -0.131. The van der Waals surface area contributed by atoms with Crippen LogP contribution in [0.25, 0.3) is 28.0 Å². The number of rotatable bonds is 5. The van der Waals surface area contributed by atoms with Crippen LogP contribution in [0, 0.1) is 12.7 Å². The maximum atomic E-state index is 15.3. The third kappa shape index (κ3) is 4.68. The number of fused-ring (bicyclic) bond motifs is 5. The van der Waals surface area contributed by atoms with Gasteiger partial charge in [0, 0.05) is 24.2 Å². The van der Waals surface area contributed by atoms with Crippen molar-refractivity contribution in [2.24, 2.45) is 0 Å². The Morgan fingerprint density at radius 1 is 1.17 bits per heavy atom. The summed E-state index contributed by atoms with van der Waals surface area (Å²) in [5, 5.41) is 11.2. The van der Waals surface area contributed by atoms with E-state index < -0.39 is 23.5 Å². The van der Waals surface area contributed by atoms with E-state index in [1.54, 1.807) is 23.2 Å². The molecule has 0 radical (unpaired) electrons. The summed E-state index contributed by atoms with van der Waals surface area (Å²) in [7, 11) is 0. The summed E-state index contributed by atoms with van der Waals surface area (Å²) in [6.07, 6.45) is 2.90. The molecule has 4 aromatic rings. The van der Waals surface area contributed by atoms with Crippen molar-refractivity contribution >= 4 is 45.8 Å². The Hall–Kier alpha value is -4.81. The number of phenols is 1. The third-order valence-electron chi connectivity index (χ3n) is 9.44. The van der Waals surface area contributed by atoms with E-state index in [0.717, 1.165) is 5.56 Å². The quantitative estimate of drug-likeness (QED) is 0.303. The van der Waals surface area contributed by atoms with Crippen molar-refractivity contribution in [1.82, 2.24) is 19.4 Å². The second kappa shape index (κ2) is 11.7. The van der Waals surface area contributed by atoms with E-state index >= 15 is 9.18 Å². The summed E-state index contributed by atoms with van der Waals surface area (Å²) in [5.74, 6) is -1.85. The van der Waals surface area contributed by atoms with Crippen molar-refractivity contribution in [2.75, 3.05) is 36.1 Å². The van der Waals surface area contributed by atoms with Crippen LogP contribution in [-0.4, -0.2) is 80.8 Å². The van der Waals surface area contributed by atoms with E-state index in [2.05, 4.69) is 11.6 Å². The van der Waals surface area contributed by atoms with Crippen LogP contribution in [0.3, 0.4) is 0 Å². The Balaban J connectivity index is 1.63. The molecule has 2 unspecified atom stereocenters. The summed E-state index contributed by atoms with van der Waals surface area (Å²) < 4.78 is 22.2. The Bertz CT molecular complexity index is 2080. The molecule has 3 aromatic heterocycles. The normalized spacial score (nSPS) is 19.4. The molecule has 11 nitrogen and oxygen atoms in total. The van der Waals surface area contributed by atoms with Gasteiger partial charge in [-0.05, 0) is 55.7 Å². The highest BCUT2D eigenvalue weighted by Crippen LogP contribution is 2.46. The van der Waals surface area contributed by atoms with Gasteiger partial charge < -0.3 is 19.6 Å². The number of aromatic nitrogens is 3. The predicted molar refractivity (Wildman–Crippen MR) is 181 cm³/mol. The SMILES string of the molecule is C=CC(=O)N1CC2C(=O)N(C3COC3)c3c(c4cc(Cl)c(-c5c(O)cccc5F)nc4n(-c4c(C)ccnc4C(C)C)c3=O)N2CC1C. The molecule has 1 N–H and O–H groups in total. The van der Waals surface area contributed by atoms with Crippen LogP contribution < -0.4 is 15.4 Å². The Kier molecular flexibility index (Phi) is 7.75. The van der Waals surface area contributed by atoms with Crippen LogP contribution in [0.5, 0.6) is 5.75 Å². The molecule has 3 aliphatic heterocycles. The Morgan fingerprint density at radius 3 is 2.56 bits per heavy atom. The highest BCUT2D eigenvalue weighted by Gasteiger charge is 2.50. The van der Waals surface area contributed by atoms with Gasteiger partial charge in [0.25, 0.3) is 11.5 Å². The van der Waals surface area contributed by atoms with Crippen LogP contribution >= 0.6 is 11.6 Å². The van der Waals surface area contributed by atoms with Gasteiger partial charge in [-0.2, -0.15) is 0 Å². The number of pyridine rings is 3. The molecular weight excluding hydrogens is 639 g/mol. The number of carbonyl (C=O) groups is 2. The number of nitrogens with zero attached hydrogens (tertiary/aromatic N) is 6. The van der Waals surface area contributed by atoms with Crippen LogP contribution in [0.2, 0.25) is 5.02 Å². The summed E-state index contributed by atoms with van der Waals surface area (Å²) in [6, 6.07) is 5.72. The van der Waals surface area contributed by atoms with Gasteiger partial charge in [-0.3, -0.25) is 28.8 Å². The van der Waals surface area contributed by atoms with E-state index in [4.69, 9.17) is 21.3 Å². The Morgan fingerprint density at radius 2 is 1.92 bits per heavy atom. The maximum Gasteiger partial charge on any atom is 0.283 e. The first-order valence-electron chi connectivity index (χ1n) is 15.8. The number of hydrogen-bond acceptors (Lipinski definition) is 8. The zero-order chi connectivity index (χ0) is 34.2. The van der Waals surface area contributed by atoms with E-state index in [-0.39, 0.29) is 83.4 Å². The number of amides is 2. The summed E-state index contributed by atoms with van der Waals surface area (Å²) in [4.78, 5) is 57.0. The topological polar surface area (TPSA) is 121 Å². The molecule has 1 aromatic carbocycles. The van der Waals surface area contributed by atoms with Gasteiger partial charge in [0.15, 0.2) is 5.65 Å². The van der Waals surface area contributed by atoms with Crippen molar-refractivity contribution in [3.8, 4) is 22.7 Å². The first-order chi connectivity index (χ1) is 22.9. The molecule has 0 bridgehead atoms. The van der Waals surface area contributed by atoms with Crippen LogP contribution in [0.1, 0.15) is 37.9 Å². The van der Waals surface area contributed by atoms with Crippen LogP contribution in [-0.2, 0) is 14.3 Å². The number of benzene rings is 1. The van der Waals surface area contributed by atoms with Gasteiger partial charge in [-0.1, -0.05) is 38.1 Å². The molecule has 248 valence electrons. The van der Waals surface area contributed by atoms with Gasteiger partial charge in [-0.15, -0.1) is 0 Å². The minimum absolute atomic E-state index is 0.0304. The van der Waals surface area contributed by atoms with Crippen molar-refractivity contribution in [1.29, 1.82) is 0 Å². The Labute approximate surface area is 280 Å². The lowest BCUT2D eigenvalue weighted by Crippen LogP contribution is -2.69. The molecule has 2 fully saturated rings. The molecule has 6 heterocycles. The first-order valence-corrected chi connectivity index (χ1v) is 16.2. The lowest BCUT2D eigenvalue weighted by atomic mass is 9.96. The fourth-order valence-electron chi connectivity index (χ4n) is 7.04. The summed E-state index contributed by atoms with van der Waals surface area (Å²) in [5.41, 5.74) is 1.78. The lowest BCUT2D eigenvalue weighted by Gasteiger charge is -2.52. The van der Waals surface area contributed by atoms with Crippen LogP contribution in [0.15, 0.2) is 54.0 Å². The molecule has 2 saturated heterocycles. The number of piperazine rings is 1. The number of carbonyl (C=O) groups excluding carboxylic acids is 2. The zero-order valence-corrected chi connectivity index (χ0v) is 27.7. The predicted octanol–water partition coefficient (Wildman–Crippen LogP) is 4.71. The number of halogens is 2. The molecule has 2 amide bonds. The fourth-order valence-corrected chi connectivity index (χ4v) is 7.29. The second-order valence-corrected chi connectivity index (χ2v) is 13.2. The zero-order valence-electron chi connectivity index (χ0n) is 26.9. The molecule has 48 heavy (non-hydrogen) atoms. The molecular formula is C35H34ClFN6O5. The number of hydrogen-bond donors (Lipinski definition) is 1. The van der Waals surface area contributed by atoms with Crippen LogP contribution in [0.4, 0.5) is 15.8 Å². The van der Waals surface area contributed by atoms with Gasteiger partial charge in [0.05, 0.1) is 59.1 Å². The minimum atomic E-state index is -0.822. The molecule has 7 rings (SSSR count). The van der Waals surface area contributed by atoms with E-state index in [1.165, 1.54) is 33.7 Å². The standard InChI is InChI=1S/C35H34ClFN6O5/c1-6-26(45)40-14-24-34(46)42(20-15-48-16-20)32-31(41(24)13-19(40)5)21-12-22(36)29(27-23(37)8-7-9-25(27)44)39-33(21)43(35(32)47)30-18(4)10-11-38-28(30)17(2)3/h6-12,17,19-20,24,44H,1,13-16H2,2-5H3. The summed E-state index contributed by atoms with van der Waals surface area (Å²) >= 11 is 6.91. The number of aryl methyl sites for hydroxylation is 1. The van der Waals surface area contributed by atoms with Gasteiger partial charge in [0.1, 0.15) is 23.3 Å². The van der Waals surface area contributed by atoms with Gasteiger partial charge in [0.2, 0.25) is 5.91 Å². The second-order valence-electron chi connectivity index (χ2n) is 12.8. The highest BCUT2D eigenvalue weighted by molar-refractivity contribution is 6.34. The van der Waals surface area contributed by atoms with E-state index in [9.17, 15) is 14.7 Å². The largest absolute Gasteiger partial charge is 0.507 e. The number of phenolic OH excluding ortho intramolecular Hbond substituents is 1. The average Bonchev–Trinajstić information content (AvgIpc) is 3.02. The maximum absolute atomic E-state index is 15.3. The third-order valence-corrected chi connectivity index (χ3v) is 9.73. The van der Waals surface area contributed by atoms with E-state index in [1.807, 2.05) is 32.6 Å². The highest BCUT2D eigenvalue weighted by atomic mass is 35.5. The number of ether oxygens (including phenoxy) is 1. The van der Waals surface area contributed by atoms with Gasteiger partial charge in [-0.25, -0.2) is 9.37 Å². The molecule has 0 spiro atoms. The fraction of sp³-hybridized carbons (Fsp3) is 0.343. The number of anilines is 2. The van der Waals surface area contributed by atoms with E-state index in [0.29, 0.717) is 22.5 Å². The van der Waals surface area contributed by atoms with Gasteiger partial charge >= 0.3 is 0 Å². The van der Waals surface area contributed by atoms with Crippen molar-refractivity contribution < 1.29 is 23.8 Å². The van der Waals surface area contributed by atoms with Crippen molar-refractivity contribution in [3.63, 3.8) is 0 Å². The smallest absolute Gasteiger partial charge is 0.283 e. The van der Waals surface area contributed by atoms with Crippen molar-refractivity contribution in [2.45, 2.75) is 51.7 Å². The monoisotopic (exact) mass is 672 g/mol. The molecule has 0 saturated carbocycles. The molecule has 3 aliphatic rings. The number of aromatic hydroxyl groups is 1. The minimum Gasteiger partial charge on any atom is -0.507 e. The molecule has 0 aliphatic carbocycles.